The van der Waals surface area contributed by atoms with Crippen molar-refractivity contribution in [1.29, 1.82) is 0 Å². The predicted octanol–water partition coefficient (Wildman–Crippen LogP) is 2.41. The Morgan fingerprint density at radius 2 is 1.90 bits per heavy atom. The van der Waals surface area contributed by atoms with E-state index in [1.54, 1.807) is 0 Å². The Morgan fingerprint density at radius 3 is 2.50 bits per heavy atom. The molecule has 2 N–H and O–H groups in total. The second-order valence-corrected chi connectivity index (χ2v) is 3.66. The predicted molar refractivity (Wildman–Crippen MR) is 67.6 cm³/mol. The molecule has 0 atom stereocenters. The molecule has 104 valence electrons. The van der Waals surface area contributed by atoms with Crippen LogP contribution in [0.5, 0.6) is 6.01 Å². The molecule has 20 heavy (non-hydrogen) atoms. The highest BCUT2D eigenvalue weighted by atomic mass is 19.1. The summed E-state index contributed by atoms with van der Waals surface area (Å²) in [5.74, 6) is -1.59. The van der Waals surface area contributed by atoms with Gasteiger partial charge < -0.3 is 15.4 Å². The van der Waals surface area contributed by atoms with Crippen LogP contribution in [0.4, 0.5) is 25.0 Å². The van der Waals surface area contributed by atoms with Crippen LogP contribution in [0.1, 0.15) is 0 Å². The van der Waals surface area contributed by atoms with Gasteiger partial charge in [-0.1, -0.05) is 0 Å². The van der Waals surface area contributed by atoms with Crippen molar-refractivity contribution in [3.63, 3.8) is 0 Å². The van der Waals surface area contributed by atoms with E-state index in [4.69, 9.17) is 4.74 Å². The molecule has 0 aliphatic carbocycles. The van der Waals surface area contributed by atoms with Crippen molar-refractivity contribution in [3.05, 3.63) is 42.2 Å². The number of hydrogen-bond donors (Lipinski definition) is 2. The molecule has 0 aliphatic rings. The van der Waals surface area contributed by atoms with Gasteiger partial charge in [0, 0.05) is 6.07 Å². The summed E-state index contributed by atoms with van der Waals surface area (Å²) in [4.78, 5) is 19.2. The molecule has 0 fully saturated rings. The van der Waals surface area contributed by atoms with E-state index in [0.717, 1.165) is 12.1 Å². The largest absolute Gasteiger partial charge is 0.467 e. The number of rotatable bonds is 3. The van der Waals surface area contributed by atoms with Gasteiger partial charge in [-0.2, -0.15) is 0 Å². The molecule has 0 aliphatic heterocycles. The first kappa shape index (κ1) is 13.7. The van der Waals surface area contributed by atoms with Gasteiger partial charge in [-0.05, 0) is 12.1 Å². The molecule has 1 aromatic carbocycles. The van der Waals surface area contributed by atoms with Gasteiger partial charge in [0.25, 0.3) is 0 Å². The fraction of sp³-hybridized carbons (Fsp3) is 0.0833. The lowest BCUT2D eigenvalue weighted by Gasteiger charge is -2.08. The number of hydrogen-bond acceptors (Lipinski definition) is 4. The molecule has 6 nitrogen and oxygen atoms in total. The van der Waals surface area contributed by atoms with Gasteiger partial charge in [-0.25, -0.2) is 23.5 Å². The normalized spacial score (nSPS) is 9.95. The van der Waals surface area contributed by atoms with E-state index in [1.165, 1.54) is 19.5 Å². The summed E-state index contributed by atoms with van der Waals surface area (Å²) in [5.41, 5.74) is 0.157. The van der Waals surface area contributed by atoms with Crippen LogP contribution in [-0.4, -0.2) is 23.1 Å². The minimum Gasteiger partial charge on any atom is -0.467 e. The molecule has 0 saturated carbocycles. The van der Waals surface area contributed by atoms with Crippen LogP contribution in [0.3, 0.4) is 0 Å². The van der Waals surface area contributed by atoms with Crippen molar-refractivity contribution < 1.29 is 18.3 Å². The van der Waals surface area contributed by atoms with Gasteiger partial charge in [0.2, 0.25) is 0 Å². The first-order valence-electron chi connectivity index (χ1n) is 5.47. The van der Waals surface area contributed by atoms with E-state index in [9.17, 15) is 13.6 Å². The number of amides is 2. The highest BCUT2D eigenvalue weighted by Gasteiger charge is 2.08. The van der Waals surface area contributed by atoms with Crippen LogP contribution < -0.4 is 15.4 Å². The van der Waals surface area contributed by atoms with E-state index >= 15 is 0 Å². The van der Waals surface area contributed by atoms with Gasteiger partial charge in [0.05, 0.1) is 30.9 Å². The number of ether oxygens (including phenoxy) is 1. The van der Waals surface area contributed by atoms with Gasteiger partial charge in [0.15, 0.2) is 0 Å². The van der Waals surface area contributed by atoms with Crippen LogP contribution in [0, 0.1) is 11.6 Å². The Bertz CT molecular complexity index is 619. The third kappa shape index (κ3) is 3.37. The molecule has 2 rings (SSSR count). The number of aromatic nitrogens is 2. The SMILES string of the molecule is COc1ncc(NC(=O)Nc2ccc(F)cc2F)cn1. The molecule has 0 saturated heterocycles. The zero-order valence-corrected chi connectivity index (χ0v) is 10.4. The molecular formula is C12H10F2N4O2. The molecular weight excluding hydrogens is 270 g/mol. The lowest BCUT2D eigenvalue weighted by atomic mass is 10.3. The standard InChI is InChI=1S/C12H10F2N4O2/c1-20-12-15-5-8(6-16-12)17-11(19)18-10-3-2-7(13)4-9(10)14/h2-6H,1H3,(H2,17,18,19). The highest BCUT2D eigenvalue weighted by molar-refractivity contribution is 5.99. The minimum absolute atomic E-state index is 0.140. The number of nitrogens with zero attached hydrogens (tertiary/aromatic N) is 2. The number of benzene rings is 1. The van der Waals surface area contributed by atoms with Crippen LogP contribution >= 0.6 is 0 Å². The summed E-state index contributed by atoms with van der Waals surface area (Å²) in [5, 5.41) is 4.63. The number of halogens is 2. The van der Waals surface area contributed by atoms with Crippen molar-refractivity contribution in [2.24, 2.45) is 0 Å². The number of carbonyl (C=O) groups excluding carboxylic acids is 1. The summed E-state index contributed by atoms with van der Waals surface area (Å²) in [6, 6.07) is 2.28. The first-order chi connectivity index (χ1) is 9.58. The lowest BCUT2D eigenvalue weighted by Crippen LogP contribution is -2.20. The number of carbonyl (C=O) groups is 1. The summed E-state index contributed by atoms with van der Waals surface area (Å²) >= 11 is 0. The molecule has 0 unspecified atom stereocenters. The van der Waals surface area contributed by atoms with Crippen molar-refractivity contribution in [2.45, 2.75) is 0 Å². The topological polar surface area (TPSA) is 76.1 Å². The van der Waals surface area contributed by atoms with Crippen molar-refractivity contribution in [1.82, 2.24) is 9.97 Å². The maximum atomic E-state index is 13.3. The molecule has 0 radical (unpaired) electrons. The van der Waals surface area contributed by atoms with Crippen LogP contribution in [0.25, 0.3) is 0 Å². The smallest absolute Gasteiger partial charge is 0.323 e. The maximum absolute atomic E-state index is 13.3. The quantitative estimate of drug-likeness (QED) is 0.905. The molecule has 1 aromatic heterocycles. The Morgan fingerprint density at radius 1 is 1.20 bits per heavy atom. The molecule has 2 aromatic rings. The fourth-order valence-corrected chi connectivity index (χ4v) is 1.36. The minimum atomic E-state index is -0.869. The average molecular weight is 280 g/mol. The summed E-state index contributed by atoms with van der Waals surface area (Å²) in [6.45, 7) is 0. The summed E-state index contributed by atoms with van der Waals surface area (Å²) in [6.07, 6.45) is 2.65. The van der Waals surface area contributed by atoms with E-state index < -0.39 is 17.7 Å². The third-order valence-corrected chi connectivity index (χ3v) is 2.25. The molecule has 0 spiro atoms. The second-order valence-electron chi connectivity index (χ2n) is 3.66. The van der Waals surface area contributed by atoms with Gasteiger partial charge in [-0.15, -0.1) is 0 Å². The fourth-order valence-electron chi connectivity index (χ4n) is 1.36. The number of urea groups is 1. The highest BCUT2D eigenvalue weighted by Crippen LogP contribution is 2.15. The van der Waals surface area contributed by atoms with Gasteiger partial charge >= 0.3 is 12.0 Å². The average Bonchev–Trinajstić information content (AvgIpc) is 2.43. The molecule has 8 heteroatoms. The molecule has 1 heterocycles. The van der Waals surface area contributed by atoms with Crippen molar-refractivity contribution in [3.8, 4) is 6.01 Å². The van der Waals surface area contributed by atoms with E-state index in [-0.39, 0.29) is 11.7 Å². The van der Waals surface area contributed by atoms with Crippen molar-refractivity contribution in [2.75, 3.05) is 17.7 Å². The summed E-state index contributed by atoms with van der Waals surface area (Å²) in [7, 11) is 1.41. The Balaban J connectivity index is 2.01. The van der Waals surface area contributed by atoms with E-state index in [1.807, 2.05) is 0 Å². The third-order valence-electron chi connectivity index (χ3n) is 2.25. The van der Waals surface area contributed by atoms with E-state index in [0.29, 0.717) is 11.8 Å². The Labute approximate surface area is 112 Å². The van der Waals surface area contributed by atoms with Crippen LogP contribution in [0.2, 0.25) is 0 Å². The Kier molecular flexibility index (Phi) is 4.04. The lowest BCUT2D eigenvalue weighted by molar-refractivity contribution is 0.262. The maximum Gasteiger partial charge on any atom is 0.323 e. The number of methoxy groups -OCH3 is 1. The van der Waals surface area contributed by atoms with Gasteiger partial charge in [-0.3, -0.25) is 0 Å². The molecule has 0 bridgehead atoms. The van der Waals surface area contributed by atoms with Gasteiger partial charge in [0.1, 0.15) is 11.6 Å². The van der Waals surface area contributed by atoms with Crippen LogP contribution in [-0.2, 0) is 0 Å². The van der Waals surface area contributed by atoms with Crippen LogP contribution in [0.15, 0.2) is 30.6 Å². The molecule has 2 amide bonds. The number of nitrogens with one attached hydrogen (secondary N) is 2. The first-order valence-corrected chi connectivity index (χ1v) is 5.47. The summed E-state index contributed by atoms with van der Waals surface area (Å²) < 4.78 is 30.8. The van der Waals surface area contributed by atoms with E-state index in [2.05, 4.69) is 20.6 Å². The van der Waals surface area contributed by atoms with Crippen molar-refractivity contribution >= 4 is 17.4 Å². The second kappa shape index (κ2) is 5.91. The zero-order valence-electron chi connectivity index (χ0n) is 10.4. The Hall–Kier alpha value is -2.77. The number of anilines is 2. The monoisotopic (exact) mass is 280 g/mol. The zero-order chi connectivity index (χ0) is 14.5.